The molecule has 1 saturated heterocycles. The topological polar surface area (TPSA) is 49.4 Å². The third-order valence-corrected chi connectivity index (χ3v) is 4.00. The number of hydrogen-bond acceptors (Lipinski definition) is 2. The average molecular weight is 260 g/mol. The van der Waals surface area contributed by atoms with E-state index >= 15 is 0 Å². The van der Waals surface area contributed by atoms with E-state index in [-0.39, 0.29) is 11.9 Å². The minimum absolute atomic E-state index is 0.171. The number of amides is 3. The first-order valence-electron chi connectivity index (χ1n) is 6.72. The van der Waals surface area contributed by atoms with Crippen LogP contribution >= 0.6 is 0 Å². The first-order valence-corrected chi connectivity index (χ1v) is 6.72. The van der Waals surface area contributed by atoms with Crippen molar-refractivity contribution in [3.63, 3.8) is 0 Å². The van der Waals surface area contributed by atoms with Crippen molar-refractivity contribution >= 4 is 11.9 Å². The van der Waals surface area contributed by atoms with Crippen LogP contribution in [0.15, 0.2) is 24.3 Å². The van der Waals surface area contributed by atoms with Crippen molar-refractivity contribution in [2.75, 3.05) is 0 Å². The molecule has 4 nitrogen and oxygen atoms in total. The summed E-state index contributed by atoms with van der Waals surface area (Å²) in [7, 11) is 0. The normalized spacial score (nSPS) is 17.7. The number of nitrogens with one attached hydrogen (secondary N) is 1. The summed E-state index contributed by atoms with van der Waals surface area (Å²) in [6.07, 6.45) is 1.26. The molecule has 0 atom stereocenters. The fourth-order valence-corrected chi connectivity index (χ4v) is 2.77. The van der Waals surface area contributed by atoms with E-state index in [0.717, 1.165) is 11.1 Å². The molecule has 2 rings (SSSR count). The van der Waals surface area contributed by atoms with Crippen molar-refractivity contribution in [3.8, 4) is 0 Å². The molecule has 1 heterocycles. The van der Waals surface area contributed by atoms with Gasteiger partial charge in [0.1, 0.15) is 5.54 Å². The van der Waals surface area contributed by atoms with Crippen LogP contribution in [0.5, 0.6) is 0 Å². The second-order valence-corrected chi connectivity index (χ2v) is 5.07. The van der Waals surface area contributed by atoms with Crippen LogP contribution in [0, 0.1) is 6.92 Å². The Morgan fingerprint density at radius 1 is 1.21 bits per heavy atom. The van der Waals surface area contributed by atoms with Crippen molar-refractivity contribution in [2.24, 2.45) is 0 Å². The van der Waals surface area contributed by atoms with E-state index in [2.05, 4.69) is 5.32 Å². The molecule has 102 valence electrons. The van der Waals surface area contributed by atoms with Crippen molar-refractivity contribution in [1.82, 2.24) is 10.2 Å². The van der Waals surface area contributed by atoms with Gasteiger partial charge in [-0.25, -0.2) is 4.79 Å². The highest BCUT2D eigenvalue weighted by Gasteiger charge is 2.50. The molecule has 1 aliphatic rings. The van der Waals surface area contributed by atoms with Crippen LogP contribution in [0.2, 0.25) is 0 Å². The molecule has 0 radical (unpaired) electrons. The summed E-state index contributed by atoms with van der Waals surface area (Å²) in [5.41, 5.74) is 1.51. The summed E-state index contributed by atoms with van der Waals surface area (Å²) < 4.78 is 0. The third kappa shape index (κ3) is 2.23. The molecule has 19 heavy (non-hydrogen) atoms. The lowest BCUT2D eigenvalue weighted by Crippen LogP contribution is -2.48. The third-order valence-electron chi connectivity index (χ3n) is 4.00. The number of carbonyl (C=O) groups is 2. The lowest BCUT2D eigenvalue weighted by molar-refractivity contribution is -0.127. The van der Waals surface area contributed by atoms with Crippen LogP contribution in [0.25, 0.3) is 0 Å². The van der Waals surface area contributed by atoms with E-state index in [0.29, 0.717) is 19.4 Å². The van der Waals surface area contributed by atoms with Gasteiger partial charge in [-0.05, 0) is 25.3 Å². The van der Waals surface area contributed by atoms with E-state index in [4.69, 9.17) is 0 Å². The molecule has 0 aromatic heterocycles. The van der Waals surface area contributed by atoms with Gasteiger partial charge in [0.2, 0.25) is 0 Å². The number of aryl methyl sites for hydroxylation is 1. The van der Waals surface area contributed by atoms with Gasteiger partial charge < -0.3 is 4.90 Å². The van der Waals surface area contributed by atoms with Crippen LogP contribution in [0.4, 0.5) is 4.79 Å². The Labute approximate surface area is 113 Å². The summed E-state index contributed by atoms with van der Waals surface area (Å²) in [5.74, 6) is -0.171. The molecule has 3 amide bonds. The maximum Gasteiger partial charge on any atom is 0.325 e. The van der Waals surface area contributed by atoms with Gasteiger partial charge >= 0.3 is 6.03 Å². The van der Waals surface area contributed by atoms with Crippen LogP contribution in [-0.2, 0) is 11.3 Å². The van der Waals surface area contributed by atoms with E-state index in [1.54, 1.807) is 4.90 Å². The highest BCUT2D eigenvalue weighted by Crippen LogP contribution is 2.30. The molecule has 1 aromatic carbocycles. The molecule has 0 bridgehead atoms. The summed E-state index contributed by atoms with van der Waals surface area (Å²) in [4.78, 5) is 25.7. The zero-order chi connectivity index (χ0) is 14.0. The fourth-order valence-electron chi connectivity index (χ4n) is 2.77. The zero-order valence-electron chi connectivity index (χ0n) is 11.7. The van der Waals surface area contributed by atoms with Crippen LogP contribution in [-0.4, -0.2) is 22.4 Å². The summed E-state index contributed by atoms with van der Waals surface area (Å²) in [5, 5.41) is 2.44. The molecule has 1 aromatic rings. The van der Waals surface area contributed by atoms with Crippen LogP contribution in [0.1, 0.15) is 37.8 Å². The highest BCUT2D eigenvalue weighted by atomic mass is 16.2. The van der Waals surface area contributed by atoms with E-state index in [1.807, 2.05) is 45.0 Å². The van der Waals surface area contributed by atoms with Crippen molar-refractivity contribution in [2.45, 2.75) is 45.7 Å². The molecule has 0 saturated carbocycles. The van der Waals surface area contributed by atoms with Crippen molar-refractivity contribution in [3.05, 3.63) is 35.4 Å². The predicted octanol–water partition coefficient (Wildman–Crippen LogP) is 2.61. The fraction of sp³-hybridized carbons (Fsp3) is 0.467. The molecule has 1 aliphatic heterocycles. The summed E-state index contributed by atoms with van der Waals surface area (Å²) in [6, 6.07) is 7.74. The molecular formula is C15H20N2O2. The standard InChI is InChI=1S/C15H20N2O2/c1-4-15(5-2)13(18)16-14(19)17(15)10-12-8-6-7-11(3)9-12/h6-9H,4-5,10H2,1-3H3,(H,16,18,19). The van der Waals surface area contributed by atoms with Gasteiger partial charge in [-0.15, -0.1) is 0 Å². The van der Waals surface area contributed by atoms with Gasteiger partial charge in [-0.1, -0.05) is 43.7 Å². The second kappa shape index (κ2) is 5.03. The first kappa shape index (κ1) is 13.6. The molecule has 0 aliphatic carbocycles. The smallest absolute Gasteiger partial charge is 0.305 e. The number of carbonyl (C=O) groups excluding carboxylic acids is 2. The lowest BCUT2D eigenvalue weighted by atomic mass is 9.91. The Bertz CT molecular complexity index is 507. The average Bonchev–Trinajstić information content (AvgIpc) is 2.61. The molecule has 1 N–H and O–H groups in total. The van der Waals surface area contributed by atoms with Gasteiger partial charge in [-0.2, -0.15) is 0 Å². The van der Waals surface area contributed by atoms with E-state index < -0.39 is 5.54 Å². The Morgan fingerprint density at radius 3 is 2.47 bits per heavy atom. The lowest BCUT2D eigenvalue weighted by Gasteiger charge is -2.33. The second-order valence-electron chi connectivity index (χ2n) is 5.07. The van der Waals surface area contributed by atoms with E-state index in [9.17, 15) is 9.59 Å². The summed E-state index contributed by atoms with van der Waals surface area (Å²) >= 11 is 0. The van der Waals surface area contributed by atoms with Gasteiger partial charge in [0.15, 0.2) is 0 Å². The molecule has 0 spiro atoms. The number of rotatable bonds is 4. The summed E-state index contributed by atoms with van der Waals surface area (Å²) in [6.45, 7) is 6.39. The van der Waals surface area contributed by atoms with E-state index in [1.165, 1.54) is 0 Å². The number of nitrogens with zero attached hydrogens (tertiary/aromatic N) is 1. The Hall–Kier alpha value is -1.84. The Balaban J connectivity index is 2.31. The maximum atomic E-state index is 12.1. The minimum atomic E-state index is -0.694. The van der Waals surface area contributed by atoms with Crippen molar-refractivity contribution in [1.29, 1.82) is 0 Å². The van der Waals surface area contributed by atoms with Gasteiger partial charge in [0.05, 0.1) is 0 Å². The number of benzene rings is 1. The monoisotopic (exact) mass is 260 g/mol. The number of imide groups is 1. The molecule has 1 fully saturated rings. The number of hydrogen-bond donors (Lipinski definition) is 1. The van der Waals surface area contributed by atoms with Gasteiger partial charge in [0, 0.05) is 6.54 Å². The zero-order valence-corrected chi connectivity index (χ0v) is 11.7. The molecule has 4 heteroatoms. The Morgan fingerprint density at radius 2 is 1.89 bits per heavy atom. The van der Waals surface area contributed by atoms with Gasteiger partial charge in [-0.3, -0.25) is 10.1 Å². The van der Waals surface area contributed by atoms with Crippen LogP contribution < -0.4 is 5.32 Å². The van der Waals surface area contributed by atoms with Crippen LogP contribution in [0.3, 0.4) is 0 Å². The van der Waals surface area contributed by atoms with Crippen molar-refractivity contribution < 1.29 is 9.59 Å². The molecular weight excluding hydrogens is 240 g/mol. The SMILES string of the molecule is CCC1(CC)C(=O)NC(=O)N1Cc1cccc(C)c1. The maximum absolute atomic E-state index is 12.1. The first-order chi connectivity index (χ1) is 9.03. The number of urea groups is 1. The van der Waals surface area contributed by atoms with Gasteiger partial charge in [0.25, 0.3) is 5.91 Å². The predicted molar refractivity (Wildman–Crippen MR) is 73.6 cm³/mol. The highest BCUT2D eigenvalue weighted by molar-refractivity contribution is 6.06. The largest absolute Gasteiger partial charge is 0.325 e. The Kier molecular flexibility index (Phi) is 3.60. The molecule has 0 unspecified atom stereocenters. The quantitative estimate of drug-likeness (QED) is 0.846. The minimum Gasteiger partial charge on any atom is -0.305 e.